The van der Waals surface area contributed by atoms with Gasteiger partial charge in [0.25, 0.3) is 0 Å². The number of carboxylic acids is 1. The first-order valence-corrected chi connectivity index (χ1v) is 6.52. The van der Waals surface area contributed by atoms with Gasteiger partial charge in [0.2, 0.25) is 5.91 Å². The summed E-state index contributed by atoms with van der Waals surface area (Å²) in [6.45, 7) is 2.07. The minimum atomic E-state index is -0.821. The molecule has 1 heterocycles. The molecule has 1 unspecified atom stereocenters. The summed E-state index contributed by atoms with van der Waals surface area (Å²) in [4.78, 5) is 35.4. The molecule has 0 saturated carbocycles. The average molecular weight is 287 g/mol. The van der Waals surface area contributed by atoms with E-state index >= 15 is 0 Å². The predicted molar refractivity (Wildman–Crippen MR) is 70.2 cm³/mol. The molecule has 0 aliphatic carbocycles. The SMILES string of the molecule is COCCNC(=O)NC(=O)CN1CCC(CC(=O)O)C1. The molecule has 20 heavy (non-hydrogen) atoms. The number of hydrogen-bond acceptors (Lipinski definition) is 5. The van der Waals surface area contributed by atoms with Crippen molar-refractivity contribution in [2.24, 2.45) is 5.92 Å². The molecule has 1 fully saturated rings. The second kappa shape index (κ2) is 8.49. The van der Waals surface area contributed by atoms with Crippen molar-refractivity contribution >= 4 is 17.9 Å². The molecule has 0 radical (unpaired) electrons. The number of imide groups is 1. The Bertz CT molecular complexity index is 361. The van der Waals surface area contributed by atoms with Gasteiger partial charge in [-0.2, -0.15) is 0 Å². The van der Waals surface area contributed by atoms with Crippen molar-refractivity contribution in [2.45, 2.75) is 12.8 Å². The molecule has 0 aromatic carbocycles. The fourth-order valence-corrected chi connectivity index (χ4v) is 2.15. The van der Waals surface area contributed by atoms with E-state index in [0.717, 1.165) is 6.42 Å². The summed E-state index contributed by atoms with van der Waals surface area (Å²) in [5, 5.41) is 13.4. The average Bonchev–Trinajstić information content (AvgIpc) is 2.75. The number of aliphatic carboxylic acids is 1. The van der Waals surface area contributed by atoms with Crippen LogP contribution in [0.4, 0.5) is 4.79 Å². The van der Waals surface area contributed by atoms with E-state index in [0.29, 0.717) is 26.2 Å². The van der Waals surface area contributed by atoms with Gasteiger partial charge in [0.1, 0.15) is 0 Å². The van der Waals surface area contributed by atoms with Crippen molar-refractivity contribution in [1.29, 1.82) is 0 Å². The number of nitrogens with one attached hydrogen (secondary N) is 2. The van der Waals surface area contributed by atoms with E-state index in [1.807, 2.05) is 4.90 Å². The standard InChI is InChI=1S/C12H21N3O5/c1-20-5-3-13-12(19)14-10(16)8-15-4-2-9(7-15)6-11(17)18/h9H,2-8H2,1H3,(H,17,18)(H2,13,14,16,19). The highest BCUT2D eigenvalue weighted by atomic mass is 16.5. The van der Waals surface area contributed by atoms with E-state index < -0.39 is 17.9 Å². The third-order valence-electron chi connectivity index (χ3n) is 3.05. The molecule has 0 spiro atoms. The fourth-order valence-electron chi connectivity index (χ4n) is 2.15. The Labute approximate surface area is 117 Å². The van der Waals surface area contributed by atoms with Crippen molar-refractivity contribution in [3.05, 3.63) is 0 Å². The van der Waals surface area contributed by atoms with Gasteiger partial charge in [-0.3, -0.25) is 19.8 Å². The van der Waals surface area contributed by atoms with Crippen molar-refractivity contribution in [3.63, 3.8) is 0 Å². The molecule has 1 atom stereocenters. The van der Waals surface area contributed by atoms with E-state index in [1.165, 1.54) is 7.11 Å². The molecule has 1 aliphatic heterocycles. The van der Waals surface area contributed by atoms with Gasteiger partial charge in [-0.15, -0.1) is 0 Å². The Kier molecular flexibility index (Phi) is 6.96. The monoisotopic (exact) mass is 287 g/mol. The lowest BCUT2D eigenvalue weighted by Gasteiger charge is -2.15. The zero-order chi connectivity index (χ0) is 15.0. The summed E-state index contributed by atoms with van der Waals surface area (Å²) in [7, 11) is 1.52. The highest BCUT2D eigenvalue weighted by Crippen LogP contribution is 2.18. The van der Waals surface area contributed by atoms with Gasteiger partial charge < -0.3 is 15.2 Å². The normalized spacial score (nSPS) is 18.8. The lowest BCUT2D eigenvalue weighted by molar-refractivity contribution is -0.138. The van der Waals surface area contributed by atoms with Crippen LogP contribution in [0.15, 0.2) is 0 Å². The molecule has 3 N–H and O–H groups in total. The maximum absolute atomic E-state index is 11.6. The van der Waals surface area contributed by atoms with E-state index in [2.05, 4.69) is 10.6 Å². The third-order valence-corrected chi connectivity index (χ3v) is 3.05. The van der Waals surface area contributed by atoms with Crippen molar-refractivity contribution in [2.75, 3.05) is 39.9 Å². The van der Waals surface area contributed by atoms with Gasteiger partial charge in [0.15, 0.2) is 0 Å². The zero-order valence-corrected chi connectivity index (χ0v) is 11.6. The molecule has 0 aromatic rings. The molecule has 0 bridgehead atoms. The zero-order valence-electron chi connectivity index (χ0n) is 11.6. The first-order chi connectivity index (χ1) is 9.51. The second-order valence-corrected chi connectivity index (χ2v) is 4.78. The molecule has 1 aliphatic rings. The molecular weight excluding hydrogens is 266 g/mol. The van der Waals surface area contributed by atoms with Crippen LogP contribution in [0, 0.1) is 5.92 Å². The number of ether oxygens (including phenoxy) is 1. The molecule has 1 saturated heterocycles. The van der Waals surface area contributed by atoms with Gasteiger partial charge >= 0.3 is 12.0 Å². The maximum Gasteiger partial charge on any atom is 0.321 e. The topological polar surface area (TPSA) is 108 Å². The van der Waals surface area contributed by atoms with Crippen LogP contribution in [0.25, 0.3) is 0 Å². The van der Waals surface area contributed by atoms with Crippen molar-refractivity contribution < 1.29 is 24.2 Å². The molecule has 114 valence electrons. The highest BCUT2D eigenvalue weighted by Gasteiger charge is 2.25. The van der Waals surface area contributed by atoms with Gasteiger partial charge in [0.05, 0.1) is 13.2 Å². The smallest absolute Gasteiger partial charge is 0.321 e. The summed E-state index contributed by atoms with van der Waals surface area (Å²) < 4.78 is 4.76. The lowest BCUT2D eigenvalue weighted by Crippen LogP contribution is -2.44. The van der Waals surface area contributed by atoms with Gasteiger partial charge in [-0.1, -0.05) is 0 Å². The maximum atomic E-state index is 11.6. The molecule has 8 nitrogen and oxygen atoms in total. The molecule has 3 amide bonds. The number of hydrogen-bond donors (Lipinski definition) is 3. The molecular formula is C12H21N3O5. The quantitative estimate of drug-likeness (QED) is 0.532. The first-order valence-electron chi connectivity index (χ1n) is 6.52. The van der Waals surface area contributed by atoms with Crippen LogP contribution in [0.2, 0.25) is 0 Å². The van der Waals surface area contributed by atoms with Crippen molar-refractivity contribution in [1.82, 2.24) is 15.5 Å². The number of methoxy groups -OCH3 is 1. The van der Waals surface area contributed by atoms with E-state index in [-0.39, 0.29) is 18.9 Å². The van der Waals surface area contributed by atoms with Crippen LogP contribution >= 0.6 is 0 Å². The summed E-state index contributed by atoms with van der Waals surface area (Å²) in [6, 6.07) is -0.548. The molecule has 0 aromatic heterocycles. The Hall–Kier alpha value is -1.67. The third kappa shape index (κ3) is 6.48. The molecule has 1 rings (SSSR count). The number of nitrogens with zero attached hydrogens (tertiary/aromatic N) is 1. The molecule has 8 heteroatoms. The number of carboxylic acid groups (broad SMARTS) is 1. The summed E-state index contributed by atoms with van der Waals surface area (Å²) >= 11 is 0. The summed E-state index contributed by atoms with van der Waals surface area (Å²) in [5.74, 6) is -1.13. The van der Waals surface area contributed by atoms with Crippen LogP contribution < -0.4 is 10.6 Å². The largest absolute Gasteiger partial charge is 0.481 e. The minimum absolute atomic E-state index is 0.0795. The second-order valence-electron chi connectivity index (χ2n) is 4.78. The van der Waals surface area contributed by atoms with Gasteiger partial charge in [-0.25, -0.2) is 4.79 Å². The number of amides is 3. The van der Waals surface area contributed by atoms with Crippen LogP contribution in [0.3, 0.4) is 0 Å². The predicted octanol–water partition coefficient (Wildman–Crippen LogP) is -0.745. The van der Waals surface area contributed by atoms with Crippen LogP contribution in [0.1, 0.15) is 12.8 Å². The van der Waals surface area contributed by atoms with Crippen molar-refractivity contribution in [3.8, 4) is 0 Å². The summed E-state index contributed by atoms with van der Waals surface area (Å²) in [5.41, 5.74) is 0. The Balaban J connectivity index is 2.19. The number of urea groups is 1. The lowest BCUT2D eigenvalue weighted by atomic mass is 10.1. The number of carbonyl (C=O) groups is 3. The minimum Gasteiger partial charge on any atom is -0.481 e. The van der Waals surface area contributed by atoms with E-state index in [9.17, 15) is 14.4 Å². The van der Waals surface area contributed by atoms with E-state index in [1.54, 1.807) is 0 Å². The van der Waals surface area contributed by atoms with E-state index in [4.69, 9.17) is 9.84 Å². The first kappa shape index (κ1) is 16.4. The number of carbonyl (C=O) groups excluding carboxylic acids is 2. The highest BCUT2D eigenvalue weighted by molar-refractivity contribution is 5.95. The van der Waals surface area contributed by atoms with Gasteiger partial charge in [0, 0.05) is 26.6 Å². The summed E-state index contributed by atoms with van der Waals surface area (Å²) in [6.07, 6.45) is 0.884. The van der Waals surface area contributed by atoms with Crippen LogP contribution in [0.5, 0.6) is 0 Å². The van der Waals surface area contributed by atoms with Crippen LogP contribution in [-0.4, -0.2) is 67.8 Å². The fraction of sp³-hybridized carbons (Fsp3) is 0.750. The number of likely N-dealkylation sites (tertiary alicyclic amines) is 1. The Morgan fingerprint density at radius 1 is 1.40 bits per heavy atom. The van der Waals surface area contributed by atoms with Crippen LogP contribution in [-0.2, 0) is 14.3 Å². The Morgan fingerprint density at radius 2 is 2.15 bits per heavy atom. The number of rotatable bonds is 7. The van der Waals surface area contributed by atoms with Gasteiger partial charge in [-0.05, 0) is 18.9 Å². The Morgan fingerprint density at radius 3 is 2.80 bits per heavy atom.